The van der Waals surface area contributed by atoms with Crippen LogP contribution in [0.1, 0.15) is 19.3 Å². The smallest absolute Gasteiger partial charge is 0.307 e. The molecule has 0 aliphatic heterocycles. The molecule has 0 bridgehead atoms. The average Bonchev–Trinajstić information content (AvgIpc) is 2.32. The highest BCUT2D eigenvalue weighted by Crippen LogP contribution is 2.32. The molecular weight excluding hydrogens is 144 g/mol. The Morgan fingerprint density at radius 2 is 1.82 bits per heavy atom. The number of carbonyl (C=O) groups is 2. The van der Waals surface area contributed by atoms with Crippen molar-refractivity contribution in [1.29, 1.82) is 0 Å². The van der Waals surface area contributed by atoms with E-state index in [0.717, 1.165) is 6.42 Å². The lowest BCUT2D eigenvalue weighted by Gasteiger charge is -2.10. The van der Waals surface area contributed by atoms with Crippen LogP contribution in [0.5, 0.6) is 0 Å². The molecule has 0 aromatic rings. The fourth-order valence-corrected chi connectivity index (χ4v) is 1.64. The summed E-state index contributed by atoms with van der Waals surface area (Å²) in [5.41, 5.74) is 0. The molecule has 0 amide bonds. The first-order valence-electron chi connectivity index (χ1n) is 3.71. The van der Waals surface area contributed by atoms with E-state index in [9.17, 15) is 9.59 Å². The number of rotatable bonds is 2. The van der Waals surface area contributed by atoms with Crippen molar-refractivity contribution in [2.24, 2.45) is 11.8 Å². The van der Waals surface area contributed by atoms with Crippen LogP contribution in [0.2, 0.25) is 0 Å². The van der Waals surface area contributed by atoms with Gasteiger partial charge in [0.1, 0.15) is 5.78 Å². The standard InChI is InChI=1S/C8H11O3/c1-5(9)6-3-2-4-7(6)8(10)11/h6-7H,1-4H2,(H,10,11). The van der Waals surface area contributed by atoms with E-state index < -0.39 is 11.9 Å². The van der Waals surface area contributed by atoms with E-state index in [1.54, 1.807) is 0 Å². The maximum Gasteiger partial charge on any atom is 0.307 e. The van der Waals surface area contributed by atoms with Gasteiger partial charge in [-0.3, -0.25) is 9.59 Å². The maximum absolute atomic E-state index is 10.8. The zero-order valence-electron chi connectivity index (χ0n) is 6.25. The summed E-state index contributed by atoms with van der Waals surface area (Å²) in [7, 11) is 0. The quantitative estimate of drug-likeness (QED) is 0.644. The topological polar surface area (TPSA) is 54.4 Å². The zero-order valence-corrected chi connectivity index (χ0v) is 6.25. The molecule has 0 heterocycles. The molecule has 0 aromatic carbocycles. The number of ketones is 1. The molecular formula is C8H11O3. The monoisotopic (exact) mass is 155 g/mol. The summed E-state index contributed by atoms with van der Waals surface area (Å²) < 4.78 is 0. The highest BCUT2D eigenvalue weighted by Gasteiger charge is 2.35. The summed E-state index contributed by atoms with van der Waals surface area (Å²) in [6.45, 7) is 3.25. The molecule has 1 rings (SSSR count). The van der Waals surface area contributed by atoms with E-state index in [4.69, 9.17) is 5.11 Å². The Morgan fingerprint density at radius 3 is 2.18 bits per heavy atom. The van der Waals surface area contributed by atoms with Gasteiger partial charge in [-0.15, -0.1) is 0 Å². The number of hydrogen-bond acceptors (Lipinski definition) is 2. The second kappa shape index (κ2) is 3.03. The second-order valence-electron chi connectivity index (χ2n) is 2.95. The molecule has 3 heteroatoms. The van der Waals surface area contributed by atoms with Crippen LogP contribution in [-0.4, -0.2) is 16.9 Å². The van der Waals surface area contributed by atoms with E-state index >= 15 is 0 Å². The minimum Gasteiger partial charge on any atom is -0.481 e. The maximum atomic E-state index is 10.8. The first kappa shape index (κ1) is 8.24. The van der Waals surface area contributed by atoms with E-state index in [0.29, 0.717) is 12.8 Å². The molecule has 1 aliphatic rings. The van der Waals surface area contributed by atoms with Gasteiger partial charge in [0.25, 0.3) is 0 Å². The number of Topliss-reactive ketones (excluding diaryl/α,β-unsaturated/α-hetero) is 1. The first-order valence-corrected chi connectivity index (χ1v) is 3.71. The lowest BCUT2D eigenvalue weighted by atomic mass is 9.93. The van der Waals surface area contributed by atoms with Crippen molar-refractivity contribution in [2.75, 3.05) is 0 Å². The van der Waals surface area contributed by atoms with Gasteiger partial charge in [-0.05, 0) is 12.8 Å². The Morgan fingerprint density at radius 1 is 1.27 bits per heavy atom. The third kappa shape index (κ3) is 1.59. The Balaban J connectivity index is 2.65. The summed E-state index contributed by atoms with van der Waals surface area (Å²) in [6, 6.07) is 0. The zero-order chi connectivity index (χ0) is 8.43. The molecule has 1 radical (unpaired) electrons. The number of carbonyl (C=O) groups excluding carboxylic acids is 1. The van der Waals surface area contributed by atoms with Gasteiger partial charge in [-0.2, -0.15) is 0 Å². The van der Waals surface area contributed by atoms with Crippen LogP contribution in [0, 0.1) is 18.8 Å². The Bertz CT molecular complexity index is 166. The molecule has 2 atom stereocenters. The van der Waals surface area contributed by atoms with Crippen molar-refractivity contribution >= 4 is 11.8 Å². The van der Waals surface area contributed by atoms with Gasteiger partial charge in [0, 0.05) is 12.8 Å². The van der Waals surface area contributed by atoms with Crippen LogP contribution in [0.25, 0.3) is 0 Å². The van der Waals surface area contributed by atoms with Gasteiger partial charge in [-0.25, -0.2) is 0 Å². The molecule has 11 heavy (non-hydrogen) atoms. The van der Waals surface area contributed by atoms with E-state index in [1.165, 1.54) is 0 Å². The molecule has 0 saturated heterocycles. The molecule has 1 fully saturated rings. The third-order valence-corrected chi connectivity index (χ3v) is 2.25. The van der Waals surface area contributed by atoms with Gasteiger partial charge in [0.05, 0.1) is 5.92 Å². The predicted molar refractivity (Wildman–Crippen MR) is 38.8 cm³/mol. The number of carboxylic acids is 1. The normalized spacial score (nSPS) is 30.3. The van der Waals surface area contributed by atoms with Crippen LogP contribution in [-0.2, 0) is 9.59 Å². The third-order valence-electron chi connectivity index (χ3n) is 2.25. The Labute approximate surface area is 65.4 Å². The van der Waals surface area contributed by atoms with Gasteiger partial charge >= 0.3 is 5.97 Å². The lowest BCUT2D eigenvalue weighted by molar-refractivity contribution is -0.145. The highest BCUT2D eigenvalue weighted by molar-refractivity contribution is 5.89. The van der Waals surface area contributed by atoms with E-state index in [1.807, 2.05) is 0 Å². The minimum absolute atomic E-state index is 0.227. The molecule has 61 valence electrons. The van der Waals surface area contributed by atoms with Crippen LogP contribution < -0.4 is 0 Å². The van der Waals surface area contributed by atoms with Crippen molar-refractivity contribution in [3.63, 3.8) is 0 Å². The van der Waals surface area contributed by atoms with Gasteiger partial charge < -0.3 is 5.11 Å². The number of aliphatic carboxylic acids is 1. The van der Waals surface area contributed by atoms with Crippen LogP contribution in [0.15, 0.2) is 0 Å². The van der Waals surface area contributed by atoms with Crippen molar-refractivity contribution in [1.82, 2.24) is 0 Å². The summed E-state index contributed by atoms with van der Waals surface area (Å²) in [4.78, 5) is 21.3. The van der Waals surface area contributed by atoms with Crippen molar-refractivity contribution in [3.05, 3.63) is 6.92 Å². The van der Waals surface area contributed by atoms with Crippen LogP contribution in [0.4, 0.5) is 0 Å². The van der Waals surface area contributed by atoms with E-state index in [2.05, 4.69) is 6.92 Å². The molecule has 1 aliphatic carbocycles. The number of hydrogen-bond donors (Lipinski definition) is 1. The Hall–Kier alpha value is -0.860. The fraction of sp³-hybridized carbons (Fsp3) is 0.625. The lowest BCUT2D eigenvalue weighted by Crippen LogP contribution is -2.23. The Kier molecular flexibility index (Phi) is 2.27. The summed E-state index contributed by atoms with van der Waals surface area (Å²) in [6.07, 6.45) is 2.16. The molecule has 1 N–H and O–H groups in total. The molecule has 2 unspecified atom stereocenters. The first-order chi connectivity index (χ1) is 5.13. The summed E-state index contributed by atoms with van der Waals surface area (Å²) in [5, 5.41) is 8.65. The number of carboxylic acid groups (broad SMARTS) is 1. The SMILES string of the molecule is [CH2]C(=O)C1CCCC1C(=O)O. The average molecular weight is 155 g/mol. The van der Waals surface area contributed by atoms with Crippen molar-refractivity contribution in [3.8, 4) is 0 Å². The van der Waals surface area contributed by atoms with Crippen molar-refractivity contribution < 1.29 is 14.7 Å². The van der Waals surface area contributed by atoms with Crippen molar-refractivity contribution in [2.45, 2.75) is 19.3 Å². The largest absolute Gasteiger partial charge is 0.481 e. The van der Waals surface area contributed by atoms with Crippen LogP contribution >= 0.6 is 0 Å². The van der Waals surface area contributed by atoms with E-state index in [-0.39, 0.29) is 11.7 Å². The van der Waals surface area contributed by atoms with Gasteiger partial charge in [-0.1, -0.05) is 6.42 Å². The molecule has 3 nitrogen and oxygen atoms in total. The minimum atomic E-state index is -0.857. The molecule has 1 saturated carbocycles. The fourth-order valence-electron chi connectivity index (χ4n) is 1.64. The predicted octanol–water partition coefficient (Wildman–Crippen LogP) is 0.890. The molecule has 0 aromatic heterocycles. The summed E-state index contributed by atoms with van der Waals surface area (Å²) in [5.74, 6) is -1.88. The van der Waals surface area contributed by atoms with Gasteiger partial charge in [0.2, 0.25) is 0 Å². The highest BCUT2D eigenvalue weighted by atomic mass is 16.4. The van der Waals surface area contributed by atoms with Crippen LogP contribution in [0.3, 0.4) is 0 Å². The summed E-state index contributed by atoms with van der Waals surface area (Å²) >= 11 is 0. The molecule has 0 spiro atoms. The second-order valence-corrected chi connectivity index (χ2v) is 2.95. The van der Waals surface area contributed by atoms with Gasteiger partial charge in [0.15, 0.2) is 0 Å².